The van der Waals surface area contributed by atoms with Crippen molar-refractivity contribution in [3.63, 3.8) is 0 Å². The number of hydrogen-bond acceptors (Lipinski definition) is 1. The molecule has 0 aliphatic rings. The van der Waals surface area contributed by atoms with Crippen LogP contribution in [0.1, 0.15) is 16.1 Å². The molecule has 3 aromatic rings. The maximum atomic E-state index is 12.8. The lowest BCUT2D eigenvalue weighted by molar-refractivity contribution is 0.0771. The average Bonchev–Trinajstić information content (AvgIpc) is 3.02. The number of hydrogen-bond donors (Lipinski definition) is 1. The first-order valence-corrected chi connectivity index (χ1v) is 8.27. The van der Waals surface area contributed by atoms with Crippen LogP contribution in [-0.4, -0.2) is 28.9 Å². The number of nitrogens with one attached hydrogen (secondary N) is 1. The third-order valence-corrected chi connectivity index (χ3v) is 4.20. The molecule has 2 aromatic carbocycles. The molecule has 3 rings (SSSR count). The molecular weight excluding hydrogens is 320 g/mol. The van der Waals surface area contributed by atoms with Gasteiger partial charge in [0.1, 0.15) is 5.69 Å². The highest BCUT2D eigenvalue weighted by molar-refractivity contribution is 6.31. The van der Waals surface area contributed by atoms with Gasteiger partial charge in [0.15, 0.2) is 0 Å². The zero-order valence-electron chi connectivity index (χ0n) is 13.3. The number of aromatic amines is 1. The molecule has 0 saturated carbocycles. The first-order valence-electron chi connectivity index (χ1n) is 7.90. The summed E-state index contributed by atoms with van der Waals surface area (Å²) in [7, 11) is 0. The first-order chi connectivity index (χ1) is 11.7. The van der Waals surface area contributed by atoms with Gasteiger partial charge in [-0.15, -0.1) is 6.58 Å². The molecule has 1 amide bonds. The van der Waals surface area contributed by atoms with Crippen molar-refractivity contribution in [1.29, 1.82) is 0 Å². The Balaban J connectivity index is 1.78. The number of halogens is 1. The molecule has 122 valence electrons. The van der Waals surface area contributed by atoms with Crippen molar-refractivity contribution < 1.29 is 4.79 Å². The largest absolute Gasteiger partial charge is 0.350 e. The molecule has 0 unspecified atom stereocenters. The molecule has 0 radical (unpaired) electrons. The van der Waals surface area contributed by atoms with E-state index in [0.29, 0.717) is 23.8 Å². The van der Waals surface area contributed by atoms with E-state index in [1.807, 2.05) is 42.5 Å². The molecule has 0 aliphatic carbocycles. The molecule has 1 aromatic heterocycles. The van der Waals surface area contributed by atoms with Crippen LogP contribution in [0.25, 0.3) is 10.9 Å². The molecule has 1 heterocycles. The smallest absolute Gasteiger partial charge is 0.270 e. The van der Waals surface area contributed by atoms with E-state index >= 15 is 0 Å². The van der Waals surface area contributed by atoms with Gasteiger partial charge in [-0.2, -0.15) is 0 Å². The van der Waals surface area contributed by atoms with Crippen LogP contribution in [0.4, 0.5) is 0 Å². The third kappa shape index (κ3) is 3.69. The van der Waals surface area contributed by atoms with Gasteiger partial charge in [0.2, 0.25) is 0 Å². The summed E-state index contributed by atoms with van der Waals surface area (Å²) in [5.74, 6) is -0.0295. The van der Waals surface area contributed by atoms with Gasteiger partial charge in [-0.1, -0.05) is 54.1 Å². The van der Waals surface area contributed by atoms with E-state index in [1.165, 1.54) is 5.56 Å². The van der Waals surface area contributed by atoms with Crippen molar-refractivity contribution in [1.82, 2.24) is 9.88 Å². The van der Waals surface area contributed by atoms with Gasteiger partial charge >= 0.3 is 0 Å². The van der Waals surface area contributed by atoms with E-state index in [9.17, 15) is 4.79 Å². The predicted molar refractivity (Wildman–Crippen MR) is 99.6 cm³/mol. The Hall–Kier alpha value is -2.52. The number of benzene rings is 2. The minimum absolute atomic E-state index is 0.0295. The lowest BCUT2D eigenvalue weighted by Gasteiger charge is -2.20. The summed E-state index contributed by atoms with van der Waals surface area (Å²) in [4.78, 5) is 17.8. The number of fused-ring (bicyclic) bond motifs is 1. The van der Waals surface area contributed by atoms with E-state index < -0.39 is 0 Å². The van der Waals surface area contributed by atoms with Crippen LogP contribution in [0.2, 0.25) is 5.02 Å². The highest BCUT2D eigenvalue weighted by Crippen LogP contribution is 2.21. The number of carbonyl (C=O) groups excluding carboxylic acids is 1. The summed E-state index contributed by atoms with van der Waals surface area (Å²) in [6, 6.07) is 17.6. The maximum absolute atomic E-state index is 12.8. The molecule has 0 fully saturated rings. The highest BCUT2D eigenvalue weighted by atomic mass is 35.5. The van der Waals surface area contributed by atoms with Crippen LogP contribution in [0.3, 0.4) is 0 Å². The van der Waals surface area contributed by atoms with Gasteiger partial charge in [0.25, 0.3) is 5.91 Å². The van der Waals surface area contributed by atoms with Crippen LogP contribution in [-0.2, 0) is 6.42 Å². The van der Waals surface area contributed by atoms with E-state index in [-0.39, 0.29) is 5.91 Å². The van der Waals surface area contributed by atoms with Gasteiger partial charge in [-0.25, -0.2) is 0 Å². The standard InChI is InChI=1S/C20H19ClN2O/c1-2-11-23(12-10-15-6-4-3-5-7-15)20(24)19-13-16-8-9-17(21)14-18(16)22-19/h2-9,13-14,22H,1,10-12H2. The first kappa shape index (κ1) is 16.3. The Kier molecular flexibility index (Phi) is 5.02. The average molecular weight is 339 g/mol. The monoisotopic (exact) mass is 338 g/mol. The third-order valence-electron chi connectivity index (χ3n) is 3.96. The fourth-order valence-electron chi connectivity index (χ4n) is 2.73. The van der Waals surface area contributed by atoms with Crippen molar-refractivity contribution in [2.24, 2.45) is 0 Å². The molecule has 0 saturated heterocycles. The van der Waals surface area contributed by atoms with Gasteiger partial charge in [0, 0.05) is 29.0 Å². The molecule has 0 bridgehead atoms. The minimum Gasteiger partial charge on any atom is -0.350 e. The molecule has 3 nitrogen and oxygen atoms in total. The summed E-state index contributed by atoms with van der Waals surface area (Å²) in [6.45, 7) is 4.92. The van der Waals surface area contributed by atoms with Gasteiger partial charge in [-0.3, -0.25) is 4.79 Å². The van der Waals surface area contributed by atoms with Crippen molar-refractivity contribution in [2.45, 2.75) is 6.42 Å². The summed E-state index contributed by atoms with van der Waals surface area (Å²) in [5.41, 5.74) is 2.65. The zero-order chi connectivity index (χ0) is 16.9. The molecule has 0 aliphatic heterocycles. The molecular formula is C20H19ClN2O. The van der Waals surface area contributed by atoms with E-state index in [4.69, 9.17) is 11.6 Å². The summed E-state index contributed by atoms with van der Waals surface area (Å²) in [6.07, 6.45) is 2.56. The second-order valence-electron chi connectivity index (χ2n) is 5.69. The lowest BCUT2D eigenvalue weighted by atomic mass is 10.1. The van der Waals surface area contributed by atoms with Crippen LogP contribution in [0.5, 0.6) is 0 Å². The van der Waals surface area contributed by atoms with Crippen LogP contribution in [0.15, 0.2) is 67.3 Å². The summed E-state index contributed by atoms with van der Waals surface area (Å²) < 4.78 is 0. The Morgan fingerprint density at radius 3 is 2.71 bits per heavy atom. The van der Waals surface area contributed by atoms with Crippen molar-refractivity contribution in [2.75, 3.05) is 13.1 Å². The van der Waals surface area contributed by atoms with Crippen LogP contribution in [0, 0.1) is 0 Å². The zero-order valence-corrected chi connectivity index (χ0v) is 14.1. The van der Waals surface area contributed by atoms with Gasteiger partial charge in [-0.05, 0) is 30.2 Å². The van der Waals surface area contributed by atoms with E-state index in [2.05, 4.69) is 23.7 Å². The van der Waals surface area contributed by atoms with E-state index in [0.717, 1.165) is 17.3 Å². The molecule has 0 atom stereocenters. The van der Waals surface area contributed by atoms with Crippen LogP contribution < -0.4 is 0 Å². The lowest BCUT2D eigenvalue weighted by Crippen LogP contribution is -2.33. The Bertz CT molecular complexity index is 854. The molecule has 1 N–H and O–H groups in total. The summed E-state index contributed by atoms with van der Waals surface area (Å²) >= 11 is 6.01. The quantitative estimate of drug-likeness (QED) is 0.650. The highest BCUT2D eigenvalue weighted by Gasteiger charge is 2.17. The fraction of sp³-hybridized carbons (Fsp3) is 0.150. The van der Waals surface area contributed by atoms with Crippen LogP contribution >= 0.6 is 11.6 Å². The molecule has 4 heteroatoms. The van der Waals surface area contributed by atoms with E-state index in [1.54, 1.807) is 11.0 Å². The van der Waals surface area contributed by atoms with Gasteiger partial charge in [0.05, 0.1) is 0 Å². The SMILES string of the molecule is C=CCN(CCc1ccccc1)C(=O)c1cc2ccc(Cl)cc2[nH]1. The second kappa shape index (κ2) is 7.37. The Morgan fingerprint density at radius 1 is 1.17 bits per heavy atom. The molecule has 24 heavy (non-hydrogen) atoms. The molecule has 0 spiro atoms. The number of rotatable bonds is 6. The second-order valence-corrected chi connectivity index (χ2v) is 6.13. The minimum atomic E-state index is -0.0295. The number of amides is 1. The number of aromatic nitrogens is 1. The number of carbonyl (C=O) groups is 1. The van der Waals surface area contributed by atoms with Crippen molar-refractivity contribution in [3.05, 3.63) is 83.5 Å². The topological polar surface area (TPSA) is 36.1 Å². The van der Waals surface area contributed by atoms with Gasteiger partial charge < -0.3 is 9.88 Å². The Morgan fingerprint density at radius 2 is 1.96 bits per heavy atom. The number of nitrogens with zero attached hydrogens (tertiary/aromatic N) is 1. The maximum Gasteiger partial charge on any atom is 0.270 e. The number of H-pyrrole nitrogens is 1. The normalized spacial score (nSPS) is 10.7. The summed E-state index contributed by atoms with van der Waals surface area (Å²) in [5, 5.41) is 1.62. The predicted octanol–water partition coefficient (Wildman–Crippen LogP) is 4.69. The van der Waals surface area contributed by atoms with Crippen molar-refractivity contribution >= 4 is 28.4 Å². The fourth-order valence-corrected chi connectivity index (χ4v) is 2.90. The van der Waals surface area contributed by atoms with Crippen molar-refractivity contribution in [3.8, 4) is 0 Å². The Labute approximate surface area is 146 Å².